The first-order chi connectivity index (χ1) is 12.1. The quantitative estimate of drug-likeness (QED) is 0.685. The fraction of sp³-hybridized carbons (Fsp3) is 0.294. The molecule has 1 aromatic carbocycles. The Morgan fingerprint density at radius 3 is 2.64 bits per heavy atom. The molecule has 0 aliphatic carbocycles. The third-order valence-electron chi connectivity index (χ3n) is 4.39. The van der Waals surface area contributed by atoms with E-state index >= 15 is 0 Å². The molecule has 1 fully saturated rings. The maximum absolute atomic E-state index is 12.6. The third-order valence-corrected chi connectivity index (χ3v) is 6.92. The van der Waals surface area contributed by atoms with Crippen LogP contribution < -0.4 is 0 Å². The van der Waals surface area contributed by atoms with E-state index in [9.17, 15) is 8.42 Å². The lowest BCUT2D eigenvalue weighted by molar-refractivity contribution is 0.217. The molecule has 6 nitrogen and oxygen atoms in total. The summed E-state index contributed by atoms with van der Waals surface area (Å²) in [5, 5.41) is 7.88. The molecule has 0 bridgehead atoms. The standard InChI is InChI=1S/C17H17N3O3S2/c1-2-12-3-5-15(6-4-12)25(21,22)20-9-14(10-20)17-18-16(19-23-17)13-7-8-24-11-13/h3-8,11,14H,2,9-10H2,1H3. The van der Waals surface area contributed by atoms with E-state index < -0.39 is 10.0 Å². The lowest BCUT2D eigenvalue weighted by atomic mass is 10.0. The Morgan fingerprint density at radius 1 is 1.24 bits per heavy atom. The smallest absolute Gasteiger partial charge is 0.243 e. The number of sulfonamides is 1. The first-order valence-electron chi connectivity index (χ1n) is 8.03. The zero-order chi connectivity index (χ0) is 17.4. The van der Waals surface area contributed by atoms with E-state index in [0.717, 1.165) is 17.5 Å². The molecule has 0 spiro atoms. The highest BCUT2D eigenvalue weighted by Crippen LogP contribution is 2.32. The molecule has 8 heteroatoms. The number of hydrogen-bond acceptors (Lipinski definition) is 6. The van der Waals surface area contributed by atoms with Crippen LogP contribution in [0.2, 0.25) is 0 Å². The summed E-state index contributed by atoms with van der Waals surface area (Å²) >= 11 is 1.57. The van der Waals surface area contributed by atoms with Gasteiger partial charge >= 0.3 is 0 Å². The van der Waals surface area contributed by atoms with Gasteiger partial charge in [0.25, 0.3) is 0 Å². The van der Waals surface area contributed by atoms with Gasteiger partial charge in [-0.1, -0.05) is 24.2 Å². The second-order valence-corrected chi connectivity index (χ2v) is 8.70. The highest BCUT2D eigenvalue weighted by atomic mass is 32.2. The van der Waals surface area contributed by atoms with Crippen molar-refractivity contribution in [3.8, 4) is 11.4 Å². The van der Waals surface area contributed by atoms with Crippen LogP contribution in [-0.4, -0.2) is 36.0 Å². The molecule has 0 saturated carbocycles. The lowest BCUT2D eigenvalue weighted by Crippen LogP contribution is -2.48. The molecule has 1 saturated heterocycles. The number of thiophene rings is 1. The van der Waals surface area contributed by atoms with Crippen LogP contribution in [0, 0.1) is 0 Å². The number of hydrogen-bond donors (Lipinski definition) is 0. The highest BCUT2D eigenvalue weighted by Gasteiger charge is 2.40. The molecule has 25 heavy (non-hydrogen) atoms. The van der Waals surface area contributed by atoms with E-state index in [4.69, 9.17) is 4.52 Å². The fourth-order valence-corrected chi connectivity index (χ4v) is 4.91. The first kappa shape index (κ1) is 16.4. The van der Waals surface area contributed by atoms with Crippen molar-refractivity contribution in [1.82, 2.24) is 14.4 Å². The van der Waals surface area contributed by atoms with E-state index in [-0.39, 0.29) is 5.92 Å². The minimum Gasteiger partial charge on any atom is -0.339 e. The SMILES string of the molecule is CCc1ccc(S(=O)(=O)N2CC(c3nc(-c4ccsc4)no3)C2)cc1. The predicted molar refractivity (Wildman–Crippen MR) is 94.9 cm³/mol. The zero-order valence-corrected chi connectivity index (χ0v) is 15.3. The van der Waals surface area contributed by atoms with Crippen molar-refractivity contribution in [2.45, 2.75) is 24.2 Å². The monoisotopic (exact) mass is 375 g/mol. The Morgan fingerprint density at radius 2 is 2.00 bits per heavy atom. The first-order valence-corrected chi connectivity index (χ1v) is 10.4. The van der Waals surface area contributed by atoms with E-state index in [1.165, 1.54) is 4.31 Å². The average Bonchev–Trinajstić information content (AvgIpc) is 3.24. The normalized spacial score (nSPS) is 16.0. The molecule has 1 aliphatic rings. The van der Waals surface area contributed by atoms with Crippen molar-refractivity contribution in [3.63, 3.8) is 0 Å². The van der Waals surface area contributed by atoms with Gasteiger partial charge in [-0.2, -0.15) is 20.6 Å². The zero-order valence-electron chi connectivity index (χ0n) is 13.6. The minimum absolute atomic E-state index is 0.0513. The minimum atomic E-state index is -3.46. The fourth-order valence-electron chi connectivity index (χ4n) is 2.75. The Balaban J connectivity index is 1.46. The summed E-state index contributed by atoms with van der Waals surface area (Å²) in [6, 6.07) is 8.98. The number of nitrogens with zero attached hydrogens (tertiary/aromatic N) is 3. The van der Waals surface area contributed by atoms with E-state index in [1.807, 2.05) is 35.9 Å². The molecule has 4 rings (SSSR count). The highest BCUT2D eigenvalue weighted by molar-refractivity contribution is 7.89. The Hall–Kier alpha value is -2.03. The van der Waals surface area contributed by atoms with Crippen molar-refractivity contribution in [1.29, 1.82) is 0 Å². The number of aromatic nitrogens is 2. The van der Waals surface area contributed by atoms with Crippen LogP contribution in [0.5, 0.6) is 0 Å². The molecule has 0 amide bonds. The van der Waals surface area contributed by atoms with Crippen LogP contribution in [0.4, 0.5) is 0 Å². The molecule has 130 valence electrons. The van der Waals surface area contributed by atoms with Crippen molar-refractivity contribution in [2.24, 2.45) is 0 Å². The summed E-state index contributed by atoms with van der Waals surface area (Å²) < 4.78 is 32.1. The van der Waals surface area contributed by atoms with Gasteiger partial charge in [0, 0.05) is 24.0 Å². The number of benzene rings is 1. The van der Waals surface area contributed by atoms with Gasteiger partial charge in [-0.05, 0) is 35.6 Å². The van der Waals surface area contributed by atoms with E-state index in [2.05, 4.69) is 10.1 Å². The number of rotatable bonds is 5. The summed E-state index contributed by atoms with van der Waals surface area (Å²) in [6.45, 7) is 2.77. The van der Waals surface area contributed by atoms with Crippen molar-refractivity contribution >= 4 is 21.4 Å². The maximum Gasteiger partial charge on any atom is 0.243 e. The molecule has 3 aromatic rings. The summed E-state index contributed by atoms with van der Waals surface area (Å²) in [5.41, 5.74) is 2.03. The van der Waals surface area contributed by atoms with Crippen LogP contribution in [0.25, 0.3) is 11.4 Å². The largest absolute Gasteiger partial charge is 0.339 e. The van der Waals surface area contributed by atoms with Crippen molar-refractivity contribution in [2.75, 3.05) is 13.1 Å². The van der Waals surface area contributed by atoms with Crippen LogP contribution in [-0.2, 0) is 16.4 Å². The molecular weight excluding hydrogens is 358 g/mol. The van der Waals surface area contributed by atoms with Crippen molar-refractivity contribution < 1.29 is 12.9 Å². The molecule has 0 radical (unpaired) electrons. The van der Waals surface area contributed by atoms with Crippen LogP contribution >= 0.6 is 11.3 Å². The molecule has 0 atom stereocenters. The third kappa shape index (κ3) is 3.01. The molecule has 0 N–H and O–H groups in total. The van der Waals surface area contributed by atoms with Crippen LogP contribution in [0.3, 0.4) is 0 Å². The van der Waals surface area contributed by atoms with Crippen LogP contribution in [0.15, 0.2) is 50.5 Å². The van der Waals surface area contributed by atoms with Gasteiger partial charge in [-0.3, -0.25) is 0 Å². The Labute approximate surface area is 150 Å². The van der Waals surface area contributed by atoms with Gasteiger partial charge in [0.2, 0.25) is 21.7 Å². The van der Waals surface area contributed by atoms with E-state index in [1.54, 1.807) is 23.5 Å². The molecule has 2 aromatic heterocycles. The molecule has 1 aliphatic heterocycles. The predicted octanol–water partition coefficient (Wildman–Crippen LogP) is 3.15. The van der Waals surface area contributed by atoms with Crippen LogP contribution in [0.1, 0.15) is 24.3 Å². The maximum atomic E-state index is 12.6. The number of aryl methyl sites for hydroxylation is 1. The van der Waals surface area contributed by atoms with Gasteiger partial charge in [-0.25, -0.2) is 8.42 Å². The van der Waals surface area contributed by atoms with Crippen molar-refractivity contribution in [3.05, 3.63) is 52.5 Å². The van der Waals surface area contributed by atoms with Gasteiger partial charge < -0.3 is 4.52 Å². The lowest BCUT2D eigenvalue weighted by Gasteiger charge is -2.35. The topological polar surface area (TPSA) is 76.3 Å². The second-order valence-electron chi connectivity index (χ2n) is 5.98. The van der Waals surface area contributed by atoms with Gasteiger partial charge in [0.05, 0.1) is 10.8 Å². The van der Waals surface area contributed by atoms with Gasteiger partial charge in [-0.15, -0.1) is 0 Å². The summed E-state index contributed by atoms with van der Waals surface area (Å²) in [4.78, 5) is 4.72. The Bertz CT molecular complexity index is 957. The molecule has 3 heterocycles. The van der Waals surface area contributed by atoms with Gasteiger partial charge in [0.1, 0.15) is 0 Å². The second kappa shape index (κ2) is 6.36. The van der Waals surface area contributed by atoms with E-state index in [0.29, 0.717) is 29.7 Å². The summed E-state index contributed by atoms with van der Waals surface area (Å²) in [6.07, 6.45) is 0.885. The van der Waals surface area contributed by atoms with Gasteiger partial charge in [0.15, 0.2) is 0 Å². The summed E-state index contributed by atoms with van der Waals surface area (Å²) in [5.74, 6) is 0.992. The summed E-state index contributed by atoms with van der Waals surface area (Å²) in [7, 11) is -3.46. The molecule has 0 unspecified atom stereocenters. The molecular formula is C17H17N3O3S2. The Kier molecular flexibility index (Phi) is 4.18. The average molecular weight is 375 g/mol.